The Morgan fingerprint density at radius 3 is 2.50 bits per heavy atom. The van der Waals surface area contributed by atoms with E-state index in [4.69, 9.17) is 5.73 Å². The first-order valence-corrected chi connectivity index (χ1v) is 8.71. The Hall–Kier alpha value is -1.34. The molecule has 22 heavy (non-hydrogen) atoms. The van der Waals surface area contributed by atoms with Gasteiger partial charge in [-0.25, -0.2) is 0 Å². The molecule has 0 radical (unpaired) electrons. The van der Waals surface area contributed by atoms with Gasteiger partial charge in [0.05, 0.1) is 0 Å². The molecule has 0 aromatic heterocycles. The fourth-order valence-corrected chi connectivity index (χ4v) is 4.84. The Kier molecular flexibility index (Phi) is 4.54. The standard InChI is InChI=1S/C21H29N/c1-14-11-15(2)21(16(3)12-14)18-8-6-7-17(13-18)19-9-4-5-10-20(19)22/h4-11,15-16,18-21H,12-13,22H2,1-3H3. The molecule has 3 aliphatic carbocycles. The third kappa shape index (κ3) is 3.05. The van der Waals surface area contributed by atoms with Crippen molar-refractivity contribution in [1.29, 1.82) is 0 Å². The lowest BCUT2D eigenvalue weighted by Gasteiger charge is -2.40. The van der Waals surface area contributed by atoms with Gasteiger partial charge in [-0.3, -0.25) is 0 Å². The largest absolute Gasteiger partial charge is 0.324 e. The molecule has 1 nitrogen and oxygen atoms in total. The Morgan fingerprint density at radius 1 is 1.00 bits per heavy atom. The Labute approximate surface area is 135 Å². The summed E-state index contributed by atoms with van der Waals surface area (Å²) < 4.78 is 0. The van der Waals surface area contributed by atoms with E-state index in [0.29, 0.717) is 17.8 Å². The summed E-state index contributed by atoms with van der Waals surface area (Å²) in [6.07, 6.45) is 20.5. The summed E-state index contributed by atoms with van der Waals surface area (Å²) in [6, 6.07) is 0.131. The molecule has 6 unspecified atom stereocenters. The molecule has 0 fully saturated rings. The van der Waals surface area contributed by atoms with Crippen LogP contribution in [0.2, 0.25) is 0 Å². The zero-order chi connectivity index (χ0) is 15.7. The van der Waals surface area contributed by atoms with Crippen LogP contribution in [0.3, 0.4) is 0 Å². The van der Waals surface area contributed by atoms with Crippen molar-refractivity contribution in [3.63, 3.8) is 0 Å². The van der Waals surface area contributed by atoms with Crippen LogP contribution in [-0.4, -0.2) is 6.04 Å². The monoisotopic (exact) mass is 295 g/mol. The van der Waals surface area contributed by atoms with Crippen molar-refractivity contribution in [2.45, 2.75) is 39.7 Å². The van der Waals surface area contributed by atoms with Crippen LogP contribution in [0.1, 0.15) is 33.6 Å². The van der Waals surface area contributed by atoms with Gasteiger partial charge in [0.25, 0.3) is 0 Å². The van der Waals surface area contributed by atoms with E-state index in [0.717, 1.165) is 11.8 Å². The maximum absolute atomic E-state index is 6.29. The number of hydrogen-bond acceptors (Lipinski definition) is 1. The zero-order valence-electron chi connectivity index (χ0n) is 14.1. The molecule has 0 spiro atoms. The van der Waals surface area contributed by atoms with Crippen LogP contribution < -0.4 is 5.73 Å². The van der Waals surface area contributed by atoms with Crippen LogP contribution in [0.25, 0.3) is 0 Å². The van der Waals surface area contributed by atoms with Gasteiger partial charge < -0.3 is 5.73 Å². The predicted molar refractivity (Wildman–Crippen MR) is 95.3 cm³/mol. The SMILES string of the molecule is CC1=CC(C)C(C2C=CC=C(C3C=CC=CC3N)C2)C(C)C1. The maximum Gasteiger partial charge on any atom is 0.0328 e. The molecular formula is C21H29N. The summed E-state index contributed by atoms with van der Waals surface area (Å²) in [5.74, 6) is 3.23. The van der Waals surface area contributed by atoms with Gasteiger partial charge in [-0.1, -0.05) is 73.6 Å². The van der Waals surface area contributed by atoms with E-state index >= 15 is 0 Å². The van der Waals surface area contributed by atoms with Crippen molar-refractivity contribution in [3.05, 3.63) is 59.8 Å². The van der Waals surface area contributed by atoms with E-state index in [-0.39, 0.29) is 6.04 Å². The lowest BCUT2D eigenvalue weighted by atomic mass is 9.65. The summed E-state index contributed by atoms with van der Waals surface area (Å²) in [4.78, 5) is 0. The van der Waals surface area contributed by atoms with Crippen LogP contribution >= 0.6 is 0 Å². The Morgan fingerprint density at radius 2 is 1.77 bits per heavy atom. The van der Waals surface area contributed by atoms with Gasteiger partial charge in [0.2, 0.25) is 0 Å². The highest BCUT2D eigenvalue weighted by molar-refractivity contribution is 5.32. The van der Waals surface area contributed by atoms with Crippen LogP contribution in [0.4, 0.5) is 0 Å². The molecule has 2 N–H and O–H groups in total. The predicted octanol–water partition coefficient (Wildman–Crippen LogP) is 4.80. The molecule has 0 aromatic carbocycles. The minimum atomic E-state index is 0.131. The first-order valence-electron chi connectivity index (χ1n) is 8.71. The van der Waals surface area contributed by atoms with Gasteiger partial charge in [-0.15, -0.1) is 0 Å². The number of allylic oxidation sites excluding steroid dienone is 7. The quantitative estimate of drug-likeness (QED) is 0.728. The van der Waals surface area contributed by atoms with Gasteiger partial charge in [0.15, 0.2) is 0 Å². The molecule has 0 aromatic rings. The van der Waals surface area contributed by atoms with E-state index in [1.165, 1.54) is 18.4 Å². The van der Waals surface area contributed by atoms with Crippen molar-refractivity contribution in [1.82, 2.24) is 0 Å². The van der Waals surface area contributed by atoms with Crippen molar-refractivity contribution >= 4 is 0 Å². The number of hydrogen-bond donors (Lipinski definition) is 1. The molecular weight excluding hydrogens is 266 g/mol. The normalized spacial score (nSPS) is 41.3. The Bertz CT molecular complexity index is 560. The minimum Gasteiger partial charge on any atom is -0.324 e. The molecule has 0 amide bonds. The van der Waals surface area contributed by atoms with Crippen molar-refractivity contribution in [2.24, 2.45) is 35.3 Å². The Balaban J connectivity index is 1.76. The molecule has 118 valence electrons. The van der Waals surface area contributed by atoms with Gasteiger partial charge in [-0.05, 0) is 43.4 Å². The van der Waals surface area contributed by atoms with Gasteiger partial charge in [0.1, 0.15) is 0 Å². The topological polar surface area (TPSA) is 26.0 Å². The fourth-order valence-electron chi connectivity index (χ4n) is 4.84. The second-order valence-electron chi connectivity index (χ2n) is 7.50. The first kappa shape index (κ1) is 15.6. The van der Waals surface area contributed by atoms with E-state index in [9.17, 15) is 0 Å². The molecule has 3 aliphatic rings. The molecule has 1 heteroatoms. The average Bonchev–Trinajstić information content (AvgIpc) is 2.47. The van der Waals surface area contributed by atoms with E-state index in [1.54, 1.807) is 5.57 Å². The minimum absolute atomic E-state index is 0.131. The first-order chi connectivity index (χ1) is 10.6. The van der Waals surface area contributed by atoms with Crippen LogP contribution in [0, 0.1) is 29.6 Å². The maximum atomic E-state index is 6.29. The third-order valence-electron chi connectivity index (χ3n) is 5.70. The lowest BCUT2D eigenvalue weighted by Crippen LogP contribution is -2.34. The van der Waals surface area contributed by atoms with Crippen LogP contribution in [0.15, 0.2) is 59.8 Å². The molecule has 0 aliphatic heterocycles. The second-order valence-corrected chi connectivity index (χ2v) is 7.50. The third-order valence-corrected chi connectivity index (χ3v) is 5.70. The van der Waals surface area contributed by atoms with Crippen molar-refractivity contribution < 1.29 is 0 Å². The molecule has 3 rings (SSSR count). The second kappa shape index (κ2) is 6.42. The van der Waals surface area contributed by atoms with Crippen LogP contribution in [-0.2, 0) is 0 Å². The summed E-state index contributed by atoms with van der Waals surface area (Å²) in [6.45, 7) is 7.10. The average molecular weight is 295 g/mol. The van der Waals surface area contributed by atoms with E-state index < -0.39 is 0 Å². The molecule has 0 bridgehead atoms. The summed E-state index contributed by atoms with van der Waals surface area (Å²) in [7, 11) is 0. The lowest BCUT2D eigenvalue weighted by molar-refractivity contribution is 0.203. The number of rotatable bonds is 2. The van der Waals surface area contributed by atoms with Crippen molar-refractivity contribution in [3.8, 4) is 0 Å². The van der Waals surface area contributed by atoms with Crippen molar-refractivity contribution in [2.75, 3.05) is 0 Å². The summed E-state index contributed by atoms with van der Waals surface area (Å²) in [5.41, 5.74) is 9.36. The van der Waals surface area contributed by atoms with Gasteiger partial charge in [0, 0.05) is 12.0 Å². The molecule has 0 saturated carbocycles. The number of nitrogens with two attached hydrogens (primary N) is 1. The highest BCUT2D eigenvalue weighted by Crippen LogP contribution is 2.43. The van der Waals surface area contributed by atoms with E-state index in [2.05, 4.69) is 69.4 Å². The summed E-state index contributed by atoms with van der Waals surface area (Å²) in [5, 5.41) is 0. The highest BCUT2D eigenvalue weighted by Gasteiger charge is 2.34. The van der Waals surface area contributed by atoms with E-state index in [1.807, 2.05) is 0 Å². The van der Waals surface area contributed by atoms with Gasteiger partial charge in [-0.2, -0.15) is 0 Å². The fraction of sp³-hybridized carbons (Fsp3) is 0.524. The van der Waals surface area contributed by atoms with Crippen LogP contribution in [0.5, 0.6) is 0 Å². The highest BCUT2D eigenvalue weighted by atomic mass is 14.6. The zero-order valence-corrected chi connectivity index (χ0v) is 14.1. The molecule has 0 heterocycles. The summed E-state index contributed by atoms with van der Waals surface area (Å²) >= 11 is 0. The molecule has 6 atom stereocenters. The van der Waals surface area contributed by atoms with Gasteiger partial charge >= 0.3 is 0 Å². The molecule has 0 saturated heterocycles. The smallest absolute Gasteiger partial charge is 0.0328 e.